The molecular weight excluding hydrogens is 228 g/mol. The van der Waals surface area contributed by atoms with Crippen LogP contribution in [0.15, 0.2) is 36.4 Å². The van der Waals surface area contributed by atoms with Crippen LogP contribution in [-0.2, 0) is 4.79 Å². The number of rotatable bonds is 3. The number of benzene rings is 2. The average molecular weight is 245 g/mol. The van der Waals surface area contributed by atoms with Crippen molar-refractivity contribution in [2.75, 3.05) is 12.4 Å². The molecule has 1 amide bonds. The molecule has 0 saturated heterocycles. The highest BCUT2D eigenvalue weighted by atomic mass is 16.5. The molecule has 1 atom stereocenters. The van der Waals surface area contributed by atoms with Crippen LogP contribution in [0.2, 0.25) is 0 Å². The topological polar surface area (TPSA) is 66.0 Å². The Morgan fingerprint density at radius 1 is 1.33 bits per heavy atom. The Balaban J connectivity index is 2.44. The number of methoxy groups -OCH3 is 1. The third kappa shape index (κ3) is 2.43. The van der Waals surface area contributed by atoms with E-state index in [4.69, 9.17) is 4.74 Å². The Hall–Kier alpha value is -2.07. The van der Waals surface area contributed by atoms with Gasteiger partial charge in [-0.3, -0.25) is 4.79 Å². The average Bonchev–Trinajstić information content (AvgIpc) is 2.37. The van der Waals surface area contributed by atoms with Crippen LogP contribution in [0.25, 0.3) is 10.8 Å². The number of fused-ring (bicyclic) bond motifs is 1. The summed E-state index contributed by atoms with van der Waals surface area (Å²) >= 11 is 0. The second kappa shape index (κ2) is 5.06. The number of nitrogens with one attached hydrogen (secondary N) is 1. The Morgan fingerprint density at radius 2 is 2.06 bits per heavy atom. The molecule has 18 heavy (non-hydrogen) atoms. The molecule has 0 spiro atoms. The highest BCUT2D eigenvalue weighted by molar-refractivity contribution is 5.98. The molecular formula is C14H17N2O2+. The summed E-state index contributed by atoms with van der Waals surface area (Å²) in [5.41, 5.74) is 4.42. The lowest BCUT2D eigenvalue weighted by molar-refractivity contribution is -0.396. The van der Waals surface area contributed by atoms with Gasteiger partial charge >= 0.3 is 0 Å². The van der Waals surface area contributed by atoms with Crippen molar-refractivity contribution in [3.63, 3.8) is 0 Å². The second-order valence-electron chi connectivity index (χ2n) is 4.29. The molecule has 0 aliphatic heterocycles. The Morgan fingerprint density at radius 3 is 2.72 bits per heavy atom. The Labute approximate surface area is 106 Å². The van der Waals surface area contributed by atoms with Crippen molar-refractivity contribution < 1.29 is 15.3 Å². The molecule has 0 heterocycles. The van der Waals surface area contributed by atoms with Crippen molar-refractivity contribution >= 4 is 22.4 Å². The molecule has 0 bridgehead atoms. The first-order chi connectivity index (χ1) is 8.61. The fourth-order valence-corrected chi connectivity index (χ4v) is 1.78. The number of ether oxygens (including phenoxy) is 1. The van der Waals surface area contributed by atoms with Crippen LogP contribution in [-0.4, -0.2) is 19.1 Å². The van der Waals surface area contributed by atoms with Crippen LogP contribution >= 0.6 is 0 Å². The van der Waals surface area contributed by atoms with Gasteiger partial charge in [0, 0.05) is 17.1 Å². The second-order valence-corrected chi connectivity index (χ2v) is 4.29. The largest absolute Gasteiger partial charge is 0.496 e. The summed E-state index contributed by atoms with van der Waals surface area (Å²) in [6.07, 6.45) is 0. The van der Waals surface area contributed by atoms with Gasteiger partial charge in [-0.25, -0.2) is 0 Å². The molecule has 4 heteroatoms. The lowest BCUT2D eigenvalue weighted by atomic mass is 10.1. The Bertz CT molecular complexity index is 579. The van der Waals surface area contributed by atoms with Crippen molar-refractivity contribution in [3.8, 4) is 5.75 Å². The number of carbonyl (C=O) groups is 1. The maximum Gasteiger partial charge on any atom is 0.282 e. The number of hydrogen-bond donors (Lipinski definition) is 2. The van der Waals surface area contributed by atoms with Crippen LogP contribution in [0, 0.1) is 0 Å². The van der Waals surface area contributed by atoms with Gasteiger partial charge in [0.2, 0.25) is 0 Å². The molecule has 4 nitrogen and oxygen atoms in total. The third-order valence-corrected chi connectivity index (χ3v) is 2.76. The third-order valence-electron chi connectivity index (χ3n) is 2.76. The first-order valence-corrected chi connectivity index (χ1v) is 5.82. The molecule has 4 N–H and O–H groups in total. The van der Waals surface area contributed by atoms with E-state index >= 15 is 0 Å². The summed E-state index contributed by atoms with van der Waals surface area (Å²) in [5.74, 6) is 0.646. The minimum Gasteiger partial charge on any atom is -0.496 e. The Kier molecular flexibility index (Phi) is 3.48. The zero-order chi connectivity index (χ0) is 13.1. The summed E-state index contributed by atoms with van der Waals surface area (Å²) in [5, 5.41) is 4.89. The summed E-state index contributed by atoms with van der Waals surface area (Å²) in [6.45, 7) is 1.76. The van der Waals surface area contributed by atoms with Gasteiger partial charge in [0.25, 0.3) is 5.91 Å². The van der Waals surface area contributed by atoms with Crippen molar-refractivity contribution in [2.45, 2.75) is 13.0 Å². The zero-order valence-corrected chi connectivity index (χ0v) is 10.6. The number of amides is 1. The van der Waals surface area contributed by atoms with E-state index in [2.05, 4.69) is 11.1 Å². The van der Waals surface area contributed by atoms with Crippen LogP contribution in [0.1, 0.15) is 6.92 Å². The molecule has 0 radical (unpaired) electrons. The number of carbonyl (C=O) groups excluding carboxylic acids is 1. The molecule has 0 saturated carbocycles. The molecule has 0 aliphatic carbocycles. The normalized spacial score (nSPS) is 12.2. The predicted octanol–water partition coefficient (Wildman–Crippen LogP) is 1.42. The van der Waals surface area contributed by atoms with E-state index in [0.29, 0.717) is 0 Å². The lowest BCUT2D eigenvalue weighted by Crippen LogP contribution is -2.64. The standard InChI is InChI=1S/C14H16N2O2/c1-9(15)14(17)16-11-7-10-5-3-4-6-12(10)13(8-11)18-2/h3-9H,15H2,1-2H3,(H,16,17)/p+1/t9-/m0/s1. The maximum atomic E-state index is 11.6. The summed E-state index contributed by atoms with van der Waals surface area (Å²) in [6, 6.07) is 11.4. The number of hydrogen-bond acceptors (Lipinski definition) is 2. The van der Waals surface area contributed by atoms with Gasteiger partial charge < -0.3 is 15.8 Å². The summed E-state index contributed by atoms with van der Waals surface area (Å²) in [7, 11) is 1.62. The van der Waals surface area contributed by atoms with E-state index in [1.165, 1.54) is 0 Å². The van der Waals surface area contributed by atoms with Crippen molar-refractivity contribution in [1.82, 2.24) is 0 Å². The fraction of sp³-hybridized carbons (Fsp3) is 0.214. The van der Waals surface area contributed by atoms with E-state index in [0.717, 1.165) is 22.2 Å². The first-order valence-electron chi connectivity index (χ1n) is 5.82. The van der Waals surface area contributed by atoms with Gasteiger partial charge in [-0.2, -0.15) is 0 Å². The summed E-state index contributed by atoms with van der Waals surface area (Å²) < 4.78 is 5.34. The quantitative estimate of drug-likeness (QED) is 0.858. The zero-order valence-electron chi connectivity index (χ0n) is 10.6. The molecule has 2 aromatic carbocycles. The van der Waals surface area contributed by atoms with Gasteiger partial charge in [-0.1, -0.05) is 24.3 Å². The van der Waals surface area contributed by atoms with Crippen molar-refractivity contribution in [3.05, 3.63) is 36.4 Å². The van der Waals surface area contributed by atoms with Gasteiger partial charge in [0.05, 0.1) is 7.11 Å². The van der Waals surface area contributed by atoms with E-state index in [1.54, 1.807) is 14.0 Å². The monoisotopic (exact) mass is 245 g/mol. The molecule has 0 fully saturated rings. The molecule has 0 unspecified atom stereocenters. The molecule has 2 rings (SSSR count). The van der Waals surface area contributed by atoms with E-state index < -0.39 is 0 Å². The van der Waals surface area contributed by atoms with Crippen molar-refractivity contribution in [1.29, 1.82) is 0 Å². The predicted molar refractivity (Wildman–Crippen MR) is 71.5 cm³/mol. The molecule has 0 aliphatic rings. The fourth-order valence-electron chi connectivity index (χ4n) is 1.78. The van der Waals surface area contributed by atoms with Crippen molar-refractivity contribution in [2.24, 2.45) is 0 Å². The summed E-state index contributed by atoms with van der Waals surface area (Å²) in [4.78, 5) is 11.6. The van der Waals surface area contributed by atoms with E-state index in [1.807, 2.05) is 36.4 Å². The van der Waals surface area contributed by atoms with Gasteiger partial charge in [-0.15, -0.1) is 0 Å². The van der Waals surface area contributed by atoms with Gasteiger partial charge in [0.15, 0.2) is 6.04 Å². The highest BCUT2D eigenvalue weighted by Gasteiger charge is 2.12. The van der Waals surface area contributed by atoms with Crippen LogP contribution < -0.4 is 15.8 Å². The van der Waals surface area contributed by atoms with Gasteiger partial charge in [-0.05, 0) is 18.4 Å². The highest BCUT2D eigenvalue weighted by Crippen LogP contribution is 2.29. The molecule has 2 aromatic rings. The van der Waals surface area contributed by atoms with E-state index in [-0.39, 0.29) is 11.9 Å². The number of anilines is 1. The maximum absolute atomic E-state index is 11.6. The minimum absolute atomic E-state index is 0.104. The van der Waals surface area contributed by atoms with Gasteiger partial charge in [0.1, 0.15) is 5.75 Å². The first kappa shape index (κ1) is 12.4. The SMILES string of the molecule is COc1cc(NC(=O)[C@H](C)[NH3+])cc2ccccc12. The van der Waals surface area contributed by atoms with Crippen LogP contribution in [0.3, 0.4) is 0 Å². The van der Waals surface area contributed by atoms with Crippen LogP contribution in [0.4, 0.5) is 5.69 Å². The minimum atomic E-state index is -0.289. The molecule has 0 aromatic heterocycles. The smallest absolute Gasteiger partial charge is 0.282 e. The molecule has 94 valence electrons. The van der Waals surface area contributed by atoms with Crippen LogP contribution in [0.5, 0.6) is 5.75 Å². The lowest BCUT2D eigenvalue weighted by Gasteiger charge is -2.10. The van der Waals surface area contributed by atoms with E-state index in [9.17, 15) is 4.79 Å². The number of quaternary nitrogens is 1.